The Labute approximate surface area is 184 Å². The number of aliphatic hydroxyl groups is 3. The highest BCUT2D eigenvalue weighted by Gasteiger charge is 2.47. The Morgan fingerprint density at radius 1 is 1.16 bits per heavy atom. The molecular formula is C22H25ClO8. The van der Waals surface area contributed by atoms with Crippen LogP contribution in [0.4, 0.5) is 0 Å². The topological polar surface area (TPSA) is 115 Å². The van der Waals surface area contributed by atoms with Crippen molar-refractivity contribution in [1.29, 1.82) is 0 Å². The number of carbonyl (C=O) groups excluding carboxylic acids is 1. The highest BCUT2D eigenvalue weighted by atomic mass is 35.5. The van der Waals surface area contributed by atoms with Crippen molar-refractivity contribution in [3.05, 3.63) is 64.2 Å². The monoisotopic (exact) mass is 452 g/mol. The van der Waals surface area contributed by atoms with Crippen LogP contribution in [0, 0.1) is 6.92 Å². The van der Waals surface area contributed by atoms with Gasteiger partial charge in [0.2, 0.25) is 0 Å². The van der Waals surface area contributed by atoms with Gasteiger partial charge in [-0.3, -0.25) is 0 Å². The van der Waals surface area contributed by atoms with Gasteiger partial charge in [-0.05, 0) is 30.2 Å². The van der Waals surface area contributed by atoms with Crippen molar-refractivity contribution in [3.8, 4) is 5.75 Å². The molecular weight excluding hydrogens is 428 g/mol. The lowest BCUT2D eigenvalue weighted by atomic mass is 9.99. The summed E-state index contributed by atoms with van der Waals surface area (Å²) >= 11 is 6.30. The first-order chi connectivity index (χ1) is 14.8. The van der Waals surface area contributed by atoms with Gasteiger partial charge in [0.25, 0.3) is 0 Å². The van der Waals surface area contributed by atoms with Gasteiger partial charge in [-0.25, -0.2) is 4.79 Å². The quantitative estimate of drug-likeness (QED) is 0.545. The van der Waals surface area contributed by atoms with E-state index in [0.717, 1.165) is 5.56 Å². The third kappa shape index (κ3) is 5.35. The fourth-order valence-corrected chi connectivity index (χ4v) is 3.50. The molecule has 5 atom stereocenters. The van der Waals surface area contributed by atoms with Crippen LogP contribution in [0.2, 0.25) is 5.02 Å². The van der Waals surface area contributed by atoms with Crippen LogP contribution in [0.5, 0.6) is 5.75 Å². The summed E-state index contributed by atoms with van der Waals surface area (Å²) in [7, 11) is 1.30. The molecule has 0 radical (unpaired) electrons. The van der Waals surface area contributed by atoms with Crippen molar-refractivity contribution in [2.45, 2.75) is 44.2 Å². The van der Waals surface area contributed by atoms with Crippen molar-refractivity contribution < 1.29 is 39.1 Å². The number of methoxy groups -OCH3 is 1. The van der Waals surface area contributed by atoms with Crippen molar-refractivity contribution in [2.75, 3.05) is 13.7 Å². The van der Waals surface area contributed by atoms with E-state index in [0.29, 0.717) is 17.9 Å². The Bertz CT molecular complexity index is 889. The minimum Gasteiger partial charge on any atom is -0.487 e. The molecule has 1 saturated heterocycles. The molecule has 2 aromatic rings. The number of rotatable bonds is 7. The predicted octanol–water partition coefficient (Wildman–Crippen LogP) is 1.84. The Balaban J connectivity index is 1.73. The number of hydrogen-bond donors (Lipinski definition) is 3. The van der Waals surface area contributed by atoms with Gasteiger partial charge in [0.05, 0.1) is 17.2 Å². The fraction of sp³-hybridized carbons (Fsp3) is 0.409. The van der Waals surface area contributed by atoms with E-state index in [1.54, 1.807) is 13.0 Å². The average molecular weight is 453 g/mol. The van der Waals surface area contributed by atoms with Crippen LogP contribution in [0.25, 0.3) is 0 Å². The first-order valence-electron chi connectivity index (χ1n) is 9.68. The molecule has 0 unspecified atom stereocenters. The molecule has 1 aliphatic heterocycles. The van der Waals surface area contributed by atoms with E-state index in [1.165, 1.54) is 13.2 Å². The summed E-state index contributed by atoms with van der Waals surface area (Å²) in [5.41, 5.74) is 1.68. The molecule has 31 heavy (non-hydrogen) atoms. The molecule has 0 aliphatic carbocycles. The Morgan fingerprint density at radius 3 is 2.52 bits per heavy atom. The average Bonchev–Trinajstić information content (AvgIpc) is 2.78. The second-order valence-electron chi connectivity index (χ2n) is 7.18. The van der Waals surface area contributed by atoms with Gasteiger partial charge in [-0.15, -0.1) is 0 Å². The number of aryl methyl sites for hydroxylation is 1. The zero-order valence-corrected chi connectivity index (χ0v) is 17.9. The van der Waals surface area contributed by atoms with E-state index < -0.39 is 43.3 Å². The van der Waals surface area contributed by atoms with Gasteiger partial charge in [0.1, 0.15) is 30.7 Å². The van der Waals surface area contributed by atoms with E-state index in [9.17, 15) is 20.1 Å². The number of esters is 1. The van der Waals surface area contributed by atoms with E-state index in [-0.39, 0.29) is 10.6 Å². The number of halogens is 1. The summed E-state index contributed by atoms with van der Waals surface area (Å²) in [6, 6.07) is 12.6. The second kappa shape index (κ2) is 10.4. The van der Waals surface area contributed by atoms with E-state index in [2.05, 4.69) is 0 Å². The minimum atomic E-state index is -1.51. The zero-order chi connectivity index (χ0) is 22.5. The lowest BCUT2D eigenvalue weighted by Crippen LogP contribution is -2.60. The Morgan fingerprint density at radius 2 is 1.87 bits per heavy atom. The Hall–Kier alpha value is -2.20. The van der Waals surface area contributed by atoms with E-state index in [4.69, 9.17) is 30.5 Å². The van der Waals surface area contributed by atoms with Gasteiger partial charge in [-0.1, -0.05) is 41.9 Å². The molecule has 3 rings (SSSR count). The third-order valence-electron chi connectivity index (χ3n) is 5.04. The number of aliphatic hydroxyl groups excluding tert-OH is 3. The van der Waals surface area contributed by atoms with Crippen molar-refractivity contribution in [2.24, 2.45) is 0 Å². The van der Waals surface area contributed by atoms with Crippen LogP contribution in [0.3, 0.4) is 0 Å². The van der Waals surface area contributed by atoms with Gasteiger partial charge < -0.3 is 34.3 Å². The SMILES string of the molecule is CO[C@H]1O[C@H](CO)[C@@H](O)[C@H](O)[C@H]1OC(=O)c1cc(Cl)c(OCc2ccccc2)cc1C. The van der Waals surface area contributed by atoms with E-state index in [1.807, 2.05) is 30.3 Å². The Kier molecular flexibility index (Phi) is 7.88. The van der Waals surface area contributed by atoms with E-state index >= 15 is 0 Å². The molecule has 0 aromatic heterocycles. The van der Waals surface area contributed by atoms with Crippen LogP contribution in [0.15, 0.2) is 42.5 Å². The maximum absolute atomic E-state index is 12.8. The van der Waals surface area contributed by atoms with Crippen LogP contribution in [0.1, 0.15) is 21.5 Å². The molecule has 2 aromatic carbocycles. The highest BCUT2D eigenvalue weighted by molar-refractivity contribution is 6.32. The maximum Gasteiger partial charge on any atom is 0.339 e. The maximum atomic E-state index is 12.8. The summed E-state index contributed by atoms with van der Waals surface area (Å²) < 4.78 is 21.6. The standard InChI is InChI=1S/C22H25ClO8/c1-12-8-16(29-11-13-6-4-3-5-7-13)15(23)9-14(12)21(27)31-20-19(26)18(25)17(10-24)30-22(20)28-2/h3-9,17-20,22,24-26H,10-11H2,1-2H3/t17-,18-,19+,20-,22+/m1/s1. The summed E-state index contributed by atoms with van der Waals surface area (Å²) in [6.45, 7) is 1.48. The molecule has 1 aliphatic rings. The summed E-state index contributed by atoms with van der Waals surface area (Å²) in [6.07, 6.45) is -6.49. The number of ether oxygens (including phenoxy) is 4. The largest absolute Gasteiger partial charge is 0.487 e. The molecule has 168 valence electrons. The smallest absolute Gasteiger partial charge is 0.339 e. The van der Waals surface area contributed by atoms with Crippen molar-refractivity contribution in [3.63, 3.8) is 0 Å². The molecule has 1 fully saturated rings. The van der Waals surface area contributed by atoms with Crippen LogP contribution in [-0.4, -0.2) is 65.7 Å². The zero-order valence-electron chi connectivity index (χ0n) is 17.1. The third-order valence-corrected chi connectivity index (χ3v) is 5.33. The highest BCUT2D eigenvalue weighted by Crippen LogP contribution is 2.31. The molecule has 9 heteroatoms. The molecule has 3 N–H and O–H groups in total. The number of hydrogen-bond acceptors (Lipinski definition) is 8. The number of carbonyl (C=O) groups is 1. The van der Waals surface area contributed by atoms with Crippen molar-refractivity contribution >= 4 is 17.6 Å². The fourth-order valence-electron chi connectivity index (χ4n) is 3.28. The lowest BCUT2D eigenvalue weighted by Gasteiger charge is -2.40. The molecule has 0 saturated carbocycles. The first kappa shape index (κ1) is 23.5. The van der Waals surface area contributed by atoms with Crippen LogP contribution >= 0.6 is 11.6 Å². The molecule has 0 bridgehead atoms. The number of benzene rings is 2. The molecule has 1 heterocycles. The molecule has 0 spiro atoms. The summed E-state index contributed by atoms with van der Waals surface area (Å²) in [5.74, 6) is -0.366. The van der Waals surface area contributed by atoms with Crippen LogP contribution < -0.4 is 4.74 Å². The summed E-state index contributed by atoms with van der Waals surface area (Å²) in [5, 5.41) is 29.9. The van der Waals surface area contributed by atoms with Crippen LogP contribution in [-0.2, 0) is 20.8 Å². The predicted molar refractivity (Wildman–Crippen MR) is 111 cm³/mol. The van der Waals surface area contributed by atoms with Gasteiger partial charge in [0.15, 0.2) is 12.4 Å². The van der Waals surface area contributed by atoms with Gasteiger partial charge >= 0.3 is 5.97 Å². The van der Waals surface area contributed by atoms with Gasteiger partial charge in [-0.2, -0.15) is 0 Å². The first-order valence-corrected chi connectivity index (χ1v) is 10.1. The summed E-state index contributed by atoms with van der Waals surface area (Å²) in [4.78, 5) is 12.8. The lowest BCUT2D eigenvalue weighted by molar-refractivity contribution is -0.293. The minimum absolute atomic E-state index is 0.165. The molecule has 8 nitrogen and oxygen atoms in total. The second-order valence-corrected chi connectivity index (χ2v) is 7.59. The normalized spacial score (nSPS) is 25.8. The molecule has 0 amide bonds. The van der Waals surface area contributed by atoms with Gasteiger partial charge in [0, 0.05) is 7.11 Å². The van der Waals surface area contributed by atoms with Crippen molar-refractivity contribution in [1.82, 2.24) is 0 Å².